The van der Waals surface area contributed by atoms with Gasteiger partial charge >= 0.3 is 11.9 Å². The van der Waals surface area contributed by atoms with E-state index in [4.69, 9.17) is 9.47 Å². The van der Waals surface area contributed by atoms with E-state index in [0.29, 0.717) is 35.7 Å². The number of hydrogen-bond donors (Lipinski definition) is 1. The molecule has 1 aliphatic heterocycles. The van der Waals surface area contributed by atoms with Gasteiger partial charge in [0.1, 0.15) is 6.61 Å². The van der Waals surface area contributed by atoms with Crippen molar-refractivity contribution in [1.29, 1.82) is 0 Å². The monoisotopic (exact) mass is 396 g/mol. The molecule has 162 valence electrons. The highest BCUT2D eigenvalue weighted by Crippen LogP contribution is 2.34. The molecule has 28 heavy (non-hydrogen) atoms. The predicted octanol–water partition coefficient (Wildman–Crippen LogP) is 4.38. The molecular weight excluding hydrogens is 356 g/mol. The maximum atomic E-state index is 12.4. The lowest BCUT2D eigenvalue weighted by molar-refractivity contribution is -0.167. The van der Waals surface area contributed by atoms with Gasteiger partial charge in [0.25, 0.3) is 0 Å². The van der Waals surface area contributed by atoms with Gasteiger partial charge in [0.05, 0.1) is 6.61 Å². The summed E-state index contributed by atoms with van der Waals surface area (Å²) in [6.45, 7) is 16.4. The predicted molar refractivity (Wildman–Crippen MR) is 111 cm³/mol. The smallest absolute Gasteiger partial charge is 0.334 e. The molecule has 1 saturated heterocycles. The fourth-order valence-corrected chi connectivity index (χ4v) is 4.15. The molecule has 0 aromatic rings. The van der Waals surface area contributed by atoms with Crippen LogP contribution in [0.1, 0.15) is 68.2 Å². The average Bonchev–Trinajstić information content (AvgIpc) is 2.91. The first-order chi connectivity index (χ1) is 12.9. The van der Waals surface area contributed by atoms with Crippen LogP contribution in [0.4, 0.5) is 0 Å². The number of carbonyl (C=O) groups is 2. The fraction of sp³-hybridized carbons (Fsp3) is 0.826. The van der Waals surface area contributed by atoms with Crippen molar-refractivity contribution in [2.45, 2.75) is 73.8 Å². The van der Waals surface area contributed by atoms with Gasteiger partial charge in [-0.05, 0) is 35.5 Å². The summed E-state index contributed by atoms with van der Waals surface area (Å²) >= 11 is 0. The second-order valence-electron chi connectivity index (χ2n) is 9.68. The largest absolute Gasteiger partial charge is 0.461 e. The summed E-state index contributed by atoms with van der Waals surface area (Å²) in [5.41, 5.74) is -0.595. The second-order valence-corrected chi connectivity index (χ2v) is 9.68. The second kappa shape index (κ2) is 10.4. The highest BCUT2D eigenvalue weighted by atomic mass is 16.6. The van der Waals surface area contributed by atoms with Gasteiger partial charge in [0.2, 0.25) is 0 Å². The lowest BCUT2D eigenvalue weighted by Crippen LogP contribution is -2.39. The molecule has 1 unspecified atom stereocenters. The van der Waals surface area contributed by atoms with Crippen LogP contribution in [0.15, 0.2) is 11.6 Å². The average molecular weight is 397 g/mol. The zero-order valence-electron chi connectivity index (χ0n) is 19.0. The van der Waals surface area contributed by atoms with Crippen LogP contribution in [-0.4, -0.2) is 35.9 Å². The molecule has 0 spiro atoms. The van der Waals surface area contributed by atoms with E-state index in [0.717, 1.165) is 0 Å². The molecule has 1 heterocycles. The Balaban J connectivity index is 2.81. The summed E-state index contributed by atoms with van der Waals surface area (Å²) in [6.07, 6.45) is 2.57. The third kappa shape index (κ3) is 6.61. The van der Waals surface area contributed by atoms with Crippen LogP contribution in [0.25, 0.3) is 0 Å². The van der Waals surface area contributed by atoms with Crippen LogP contribution >= 0.6 is 0 Å². The van der Waals surface area contributed by atoms with Gasteiger partial charge in [-0.2, -0.15) is 0 Å². The van der Waals surface area contributed by atoms with Crippen molar-refractivity contribution in [3.05, 3.63) is 11.6 Å². The van der Waals surface area contributed by atoms with Crippen molar-refractivity contribution in [3.63, 3.8) is 0 Å². The maximum Gasteiger partial charge on any atom is 0.334 e. The standard InChI is InChI=1S/C23H40O5/c1-14(2)19(15(3)4)9-18-11-23(12-24,28-22(18)26)13-27-21(25)10-20(16(5)6)17(7)8/h9,14-17,19-20,24H,10-13H2,1-8H3/b18-9+. The van der Waals surface area contributed by atoms with Crippen molar-refractivity contribution in [2.24, 2.45) is 35.5 Å². The van der Waals surface area contributed by atoms with Gasteiger partial charge in [0, 0.05) is 18.4 Å². The minimum atomic E-state index is -1.16. The van der Waals surface area contributed by atoms with Crippen LogP contribution in [0, 0.1) is 35.5 Å². The van der Waals surface area contributed by atoms with Crippen molar-refractivity contribution >= 4 is 11.9 Å². The fourth-order valence-electron chi connectivity index (χ4n) is 4.15. The van der Waals surface area contributed by atoms with Gasteiger partial charge in [-0.15, -0.1) is 0 Å². The Morgan fingerprint density at radius 1 is 1.07 bits per heavy atom. The van der Waals surface area contributed by atoms with E-state index in [1.165, 1.54) is 0 Å². The first-order valence-corrected chi connectivity index (χ1v) is 10.6. The molecule has 1 aliphatic rings. The number of ether oxygens (including phenoxy) is 2. The van der Waals surface area contributed by atoms with Crippen molar-refractivity contribution in [1.82, 2.24) is 0 Å². The normalized spacial score (nSPS) is 21.8. The Bertz CT molecular complexity index is 545. The van der Waals surface area contributed by atoms with E-state index in [-0.39, 0.29) is 37.4 Å². The highest BCUT2D eigenvalue weighted by molar-refractivity contribution is 5.91. The lowest BCUT2D eigenvalue weighted by Gasteiger charge is -2.27. The van der Waals surface area contributed by atoms with E-state index >= 15 is 0 Å². The summed E-state index contributed by atoms with van der Waals surface area (Å²) in [4.78, 5) is 24.7. The maximum absolute atomic E-state index is 12.4. The number of aliphatic hydroxyl groups excluding tert-OH is 1. The Labute approximate surface area is 170 Å². The molecule has 0 amide bonds. The van der Waals surface area contributed by atoms with Gasteiger partial charge < -0.3 is 14.6 Å². The third-order valence-corrected chi connectivity index (χ3v) is 5.92. The first-order valence-electron chi connectivity index (χ1n) is 10.6. The van der Waals surface area contributed by atoms with Crippen LogP contribution < -0.4 is 0 Å². The zero-order chi connectivity index (χ0) is 21.6. The van der Waals surface area contributed by atoms with Gasteiger partial charge in [-0.3, -0.25) is 4.79 Å². The number of carbonyl (C=O) groups excluding carboxylic acids is 2. The van der Waals surface area contributed by atoms with Crippen LogP contribution in [0.5, 0.6) is 0 Å². The number of allylic oxidation sites excluding steroid dienone is 1. The van der Waals surface area contributed by atoms with Crippen LogP contribution in [0.3, 0.4) is 0 Å². The van der Waals surface area contributed by atoms with Crippen LogP contribution in [0.2, 0.25) is 0 Å². The Hall–Kier alpha value is -1.36. The summed E-state index contributed by atoms with van der Waals surface area (Å²) in [5.74, 6) is 1.30. The molecule has 1 fully saturated rings. The summed E-state index contributed by atoms with van der Waals surface area (Å²) in [5, 5.41) is 9.88. The van der Waals surface area contributed by atoms with E-state index in [1.807, 2.05) is 6.08 Å². The zero-order valence-corrected chi connectivity index (χ0v) is 19.0. The highest BCUT2D eigenvalue weighted by Gasteiger charge is 2.45. The summed E-state index contributed by atoms with van der Waals surface area (Å²) in [6, 6.07) is 0. The molecular formula is C23H40O5. The molecule has 1 rings (SSSR count). The number of esters is 2. The van der Waals surface area contributed by atoms with Gasteiger partial charge in [0.15, 0.2) is 5.60 Å². The summed E-state index contributed by atoms with van der Waals surface area (Å²) < 4.78 is 10.9. The number of cyclic esters (lactones) is 1. The summed E-state index contributed by atoms with van der Waals surface area (Å²) in [7, 11) is 0. The van der Waals surface area contributed by atoms with E-state index in [9.17, 15) is 14.7 Å². The lowest BCUT2D eigenvalue weighted by atomic mass is 9.83. The van der Waals surface area contributed by atoms with E-state index < -0.39 is 11.6 Å². The minimum Gasteiger partial charge on any atom is -0.461 e. The Morgan fingerprint density at radius 2 is 1.61 bits per heavy atom. The molecule has 5 nitrogen and oxygen atoms in total. The topological polar surface area (TPSA) is 72.8 Å². The first kappa shape index (κ1) is 24.7. The van der Waals surface area contributed by atoms with Crippen molar-refractivity contribution in [3.8, 4) is 0 Å². The molecule has 5 heteroatoms. The third-order valence-electron chi connectivity index (χ3n) is 5.92. The van der Waals surface area contributed by atoms with Gasteiger partial charge in [-0.1, -0.05) is 61.5 Å². The van der Waals surface area contributed by atoms with Crippen LogP contribution in [-0.2, 0) is 19.1 Å². The minimum absolute atomic E-state index is 0.109. The number of rotatable bonds is 10. The Kier molecular flexibility index (Phi) is 9.19. The van der Waals surface area contributed by atoms with Crippen molar-refractivity contribution < 1.29 is 24.2 Å². The number of aliphatic hydroxyl groups is 1. The molecule has 0 aromatic heterocycles. The molecule has 0 bridgehead atoms. The van der Waals surface area contributed by atoms with E-state index in [1.54, 1.807) is 0 Å². The molecule has 0 saturated carbocycles. The molecule has 1 atom stereocenters. The molecule has 1 N–H and O–H groups in total. The van der Waals surface area contributed by atoms with E-state index in [2.05, 4.69) is 55.4 Å². The molecule has 0 aromatic carbocycles. The molecule has 0 radical (unpaired) electrons. The number of hydrogen-bond acceptors (Lipinski definition) is 5. The Morgan fingerprint density at radius 3 is 2.04 bits per heavy atom. The van der Waals surface area contributed by atoms with Crippen molar-refractivity contribution in [2.75, 3.05) is 13.2 Å². The SMILES string of the molecule is CC(C)C(/C=C1\CC(CO)(COC(=O)CC(C(C)C)C(C)C)OC1=O)C(C)C. The quantitative estimate of drug-likeness (QED) is 0.438. The van der Waals surface area contributed by atoms with Gasteiger partial charge in [-0.25, -0.2) is 4.79 Å². The molecule has 0 aliphatic carbocycles.